The van der Waals surface area contributed by atoms with Gasteiger partial charge in [0.05, 0.1) is 14.5 Å². The van der Waals surface area contributed by atoms with E-state index < -0.39 is 19.9 Å². The van der Waals surface area contributed by atoms with Gasteiger partial charge in [-0.15, -0.1) is 12.4 Å². The van der Waals surface area contributed by atoms with Crippen LogP contribution in [-0.4, -0.2) is 82.5 Å². The van der Waals surface area contributed by atoms with Gasteiger partial charge < -0.3 is 4.90 Å². The van der Waals surface area contributed by atoms with Crippen LogP contribution in [0.5, 0.6) is 0 Å². The van der Waals surface area contributed by atoms with Gasteiger partial charge in [0.1, 0.15) is 5.52 Å². The molecule has 9 nitrogen and oxygen atoms in total. The molecule has 0 radical (unpaired) electrons. The van der Waals surface area contributed by atoms with Crippen LogP contribution >= 0.6 is 23.7 Å². The van der Waals surface area contributed by atoms with E-state index in [1.165, 1.54) is 46.0 Å². The smallest absolute Gasteiger partial charge is 0.260 e. The van der Waals surface area contributed by atoms with Crippen LogP contribution in [0.4, 0.5) is 5.13 Å². The van der Waals surface area contributed by atoms with E-state index in [9.17, 15) is 21.6 Å². The molecule has 0 aliphatic carbocycles. The fourth-order valence-corrected chi connectivity index (χ4v) is 7.86. The van der Waals surface area contributed by atoms with Crippen molar-refractivity contribution in [3.63, 3.8) is 0 Å². The summed E-state index contributed by atoms with van der Waals surface area (Å²) in [6.07, 6.45) is 2.56. The number of anilines is 1. The van der Waals surface area contributed by atoms with Crippen LogP contribution in [0.15, 0.2) is 52.3 Å². The van der Waals surface area contributed by atoms with Crippen molar-refractivity contribution >= 4 is 64.9 Å². The van der Waals surface area contributed by atoms with Crippen molar-refractivity contribution in [2.45, 2.75) is 50.3 Å². The number of carbonyl (C=O) groups is 1. The first-order chi connectivity index (χ1) is 18.5. The Morgan fingerprint density at radius 1 is 0.850 bits per heavy atom. The van der Waals surface area contributed by atoms with Gasteiger partial charge in [0.2, 0.25) is 10.0 Å². The minimum absolute atomic E-state index is 0. The molecule has 1 amide bonds. The lowest BCUT2D eigenvalue weighted by molar-refractivity contribution is 0.0983. The van der Waals surface area contributed by atoms with Gasteiger partial charge in [0.25, 0.3) is 5.91 Å². The fourth-order valence-electron chi connectivity index (χ4n) is 4.32. The molecule has 2 aromatic carbocycles. The molecule has 0 N–H and O–H groups in total. The van der Waals surface area contributed by atoms with Crippen molar-refractivity contribution in [1.82, 2.24) is 14.2 Å². The second kappa shape index (κ2) is 14.7. The number of fused-ring (bicyclic) bond motifs is 1. The molecule has 0 atom stereocenters. The molecule has 13 heteroatoms. The standard InChI is InChI=1S/C27H38N4O5S3.ClH/c1-6-17-30(18-7-2)39(35,36)22-15-13-21(14-16-22)26(32)31(20-19-29(8-3)9-4)27-28-25-23(37-27)11-10-12-24(25)38(5,33)34;/h10-16H,6-9,17-20H2,1-5H3;1H. The number of carbonyl (C=O) groups excluding carboxylic acids is 1. The summed E-state index contributed by atoms with van der Waals surface area (Å²) in [7, 11) is -7.18. The lowest BCUT2D eigenvalue weighted by Gasteiger charge is -2.25. The SMILES string of the molecule is CCCN(CCC)S(=O)(=O)c1ccc(C(=O)N(CCN(CC)CC)c2nc3c(S(C)(=O)=O)cccc3s2)cc1.Cl. The molecule has 0 aliphatic rings. The Morgan fingerprint density at radius 3 is 1.98 bits per heavy atom. The molecule has 0 fully saturated rings. The number of halogens is 1. The molecular weight excluding hydrogens is 592 g/mol. The molecular formula is C27H39ClN4O5S3. The van der Waals surface area contributed by atoms with Crippen LogP contribution in [0.3, 0.4) is 0 Å². The maximum absolute atomic E-state index is 13.8. The second-order valence-corrected chi connectivity index (χ2v) is 14.2. The number of sulfonamides is 1. The summed E-state index contributed by atoms with van der Waals surface area (Å²) < 4.78 is 53.2. The Hall–Kier alpha value is -2.09. The quantitative estimate of drug-likeness (QED) is 0.249. The van der Waals surface area contributed by atoms with Crippen molar-refractivity contribution in [2.24, 2.45) is 0 Å². The third-order valence-electron chi connectivity index (χ3n) is 6.47. The van der Waals surface area contributed by atoms with Crippen LogP contribution in [0.2, 0.25) is 0 Å². The molecule has 0 aliphatic heterocycles. The second-order valence-electron chi connectivity index (χ2n) is 9.28. The average molecular weight is 631 g/mol. The van der Waals surface area contributed by atoms with Crippen molar-refractivity contribution < 1.29 is 21.6 Å². The minimum atomic E-state index is -3.67. The third-order valence-corrected chi connectivity index (χ3v) is 10.6. The first-order valence-corrected chi connectivity index (χ1v) is 17.4. The molecule has 0 saturated heterocycles. The van der Waals surface area contributed by atoms with E-state index in [-0.39, 0.29) is 28.1 Å². The number of sulfone groups is 1. The van der Waals surface area contributed by atoms with Gasteiger partial charge >= 0.3 is 0 Å². The van der Waals surface area contributed by atoms with Gasteiger partial charge in [-0.05, 0) is 62.3 Å². The number of rotatable bonds is 14. The highest BCUT2D eigenvalue weighted by Crippen LogP contribution is 2.33. The van der Waals surface area contributed by atoms with Crippen LogP contribution in [0.25, 0.3) is 10.2 Å². The first-order valence-electron chi connectivity index (χ1n) is 13.2. The van der Waals surface area contributed by atoms with Gasteiger partial charge in [-0.2, -0.15) is 4.31 Å². The van der Waals surface area contributed by atoms with Crippen molar-refractivity contribution in [2.75, 3.05) is 50.4 Å². The largest absolute Gasteiger partial charge is 0.302 e. The Morgan fingerprint density at radius 2 is 1.45 bits per heavy atom. The van der Waals surface area contributed by atoms with E-state index in [0.29, 0.717) is 59.9 Å². The topological polar surface area (TPSA) is 108 Å². The van der Waals surface area contributed by atoms with E-state index in [1.807, 2.05) is 27.7 Å². The molecule has 0 unspecified atom stereocenters. The van der Waals surface area contributed by atoms with Crippen molar-refractivity contribution in [3.8, 4) is 0 Å². The minimum Gasteiger partial charge on any atom is -0.302 e. The van der Waals surface area contributed by atoms with Gasteiger partial charge in [0, 0.05) is 38.0 Å². The number of hydrogen-bond donors (Lipinski definition) is 0. The number of nitrogens with zero attached hydrogens (tertiary/aromatic N) is 4. The molecule has 0 saturated carbocycles. The van der Waals surface area contributed by atoms with E-state index in [2.05, 4.69) is 9.88 Å². The number of amides is 1. The van der Waals surface area contributed by atoms with E-state index in [1.54, 1.807) is 17.0 Å². The molecule has 1 aromatic heterocycles. The summed E-state index contributed by atoms with van der Waals surface area (Å²) in [6, 6.07) is 11.0. The monoisotopic (exact) mass is 630 g/mol. The Kier molecular flexibility index (Phi) is 12.5. The molecule has 3 aromatic rings. The van der Waals surface area contributed by atoms with Crippen molar-refractivity contribution in [1.29, 1.82) is 0 Å². The maximum atomic E-state index is 13.8. The Balaban J connectivity index is 0.00000560. The summed E-state index contributed by atoms with van der Waals surface area (Å²) in [6.45, 7) is 11.4. The summed E-state index contributed by atoms with van der Waals surface area (Å²) in [5.41, 5.74) is 0.669. The molecule has 40 heavy (non-hydrogen) atoms. The number of likely N-dealkylation sites (N-methyl/N-ethyl adjacent to an activating group) is 1. The molecule has 0 spiro atoms. The fraction of sp³-hybridized carbons (Fsp3) is 0.481. The van der Waals surface area contributed by atoms with Crippen LogP contribution in [0.1, 0.15) is 50.9 Å². The highest BCUT2D eigenvalue weighted by Gasteiger charge is 2.26. The van der Waals surface area contributed by atoms with Crippen LogP contribution < -0.4 is 4.90 Å². The number of thiazole rings is 1. The highest BCUT2D eigenvalue weighted by molar-refractivity contribution is 7.91. The van der Waals surface area contributed by atoms with Gasteiger partial charge in [0.15, 0.2) is 15.0 Å². The number of para-hydroxylation sites is 1. The summed E-state index contributed by atoms with van der Waals surface area (Å²) >= 11 is 1.26. The molecule has 1 heterocycles. The van der Waals surface area contributed by atoms with E-state index >= 15 is 0 Å². The highest BCUT2D eigenvalue weighted by atomic mass is 35.5. The predicted molar refractivity (Wildman–Crippen MR) is 165 cm³/mol. The zero-order valence-electron chi connectivity index (χ0n) is 23.7. The van der Waals surface area contributed by atoms with Crippen molar-refractivity contribution in [3.05, 3.63) is 48.0 Å². The average Bonchev–Trinajstić information content (AvgIpc) is 3.34. The van der Waals surface area contributed by atoms with Crippen LogP contribution in [0, 0.1) is 0 Å². The summed E-state index contributed by atoms with van der Waals surface area (Å²) in [5, 5.41) is 0.395. The van der Waals surface area contributed by atoms with E-state index in [0.717, 1.165) is 19.3 Å². The molecule has 3 rings (SSSR count). The maximum Gasteiger partial charge on any atom is 0.260 e. The van der Waals surface area contributed by atoms with Gasteiger partial charge in [-0.1, -0.05) is 45.1 Å². The Labute approximate surface area is 248 Å². The summed E-state index contributed by atoms with van der Waals surface area (Å²) in [4.78, 5) is 22.4. The van der Waals surface area contributed by atoms with E-state index in [4.69, 9.17) is 0 Å². The number of benzene rings is 2. The zero-order chi connectivity index (χ0) is 28.8. The first kappa shape index (κ1) is 34.1. The lowest BCUT2D eigenvalue weighted by Crippen LogP contribution is -2.39. The van der Waals surface area contributed by atoms with Crippen LogP contribution in [-0.2, 0) is 19.9 Å². The molecule has 222 valence electrons. The predicted octanol–water partition coefficient (Wildman–Crippen LogP) is 4.92. The molecule has 0 bridgehead atoms. The van der Waals surface area contributed by atoms with Gasteiger partial charge in [-0.25, -0.2) is 21.8 Å². The van der Waals surface area contributed by atoms with Gasteiger partial charge in [-0.3, -0.25) is 9.69 Å². The third kappa shape index (κ3) is 7.80. The lowest BCUT2D eigenvalue weighted by atomic mass is 10.2. The Bertz CT molecular complexity index is 1480. The normalized spacial score (nSPS) is 12.2. The number of hydrogen-bond acceptors (Lipinski definition) is 8. The summed E-state index contributed by atoms with van der Waals surface area (Å²) in [5.74, 6) is -0.329. The number of aromatic nitrogens is 1. The zero-order valence-corrected chi connectivity index (χ0v) is 26.9.